The van der Waals surface area contributed by atoms with Crippen molar-refractivity contribution in [1.82, 2.24) is 4.57 Å². The van der Waals surface area contributed by atoms with Gasteiger partial charge < -0.3 is 19.7 Å². The summed E-state index contributed by atoms with van der Waals surface area (Å²) in [4.78, 5) is 24.4. The number of carbonyl (C=O) groups excluding carboxylic acids is 2. The van der Waals surface area contributed by atoms with Crippen LogP contribution in [0.3, 0.4) is 0 Å². The second-order valence-corrected chi connectivity index (χ2v) is 4.93. The number of aromatic nitrogens is 1. The molecule has 1 aromatic heterocycles. The topological polar surface area (TPSA) is 98.0 Å². The molecule has 7 heteroatoms. The monoisotopic (exact) mass is 333 g/mol. The lowest BCUT2D eigenvalue weighted by Crippen LogP contribution is -2.15. The molecule has 7 nitrogen and oxygen atoms in total. The van der Waals surface area contributed by atoms with Gasteiger partial charge in [-0.2, -0.15) is 0 Å². The summed E-state index contributed by atoms with van der Waals surface area (Å²) in [5.41, 5.74) is -0.0502. The van der Waals surface area contributed by atoms with Gasteiger partial charge in [-0.05, 0) is 31.2 Å². The Bertz CT molecular complexity index is 760. The summed E-state index contributed by atoms with van der Waals surface area (Å²) in [6, 6.07) is 6.48. The Labute approximate surface area is 139 Å². The Hall–Kier alpha value is -2.96. The molecule has 0 atom stereocenters. The van der Waals surface area contributed by atoms with Gasteiger partial charge in [-0.3, -0.25) is 9.36 Å². The summed E-state index contributed by atoms with van der Waals surface area (Å²) in [7, 11) is 1.51. The van der Waals surface area contributed by atoms with Crippen molar-refractivity contribution >= 4 is 11.8 Å². The van der Waals surface area contributed by atoms with E-state index < -0.39 is 23.3 Å². The van der Waals surface area contributed by atoms with E-state index in [0.29, 0.717) is 11.4 Å². The lowest BCUT2D eigenvalue weighted by Gasteiger charge is -2.12. The highest BCUT2D eigenvalue weighted by molar-refractivity contribution is 6.03. The summed E-state index contributed by atoms with van der Waals surface area (Å²) in [6.07, 6.45) is 0.0927. The van der Waals surface area contributed by atoms with E-state index in [0.717, 1.165) is 0 Å². The zero-order valence-corrected chi connectivity index (χ0v) is 13.7. The fourth-order valence-corrected chi connectivity index (χ4v) is 2.35. The molecule has 0 saturated heterocycles. The van der Waals surface area contributed by atoms with Crippen LogP contribution in [0.4, 0.5) is 0 Å². The van der Waals surface area contributed by atoms with E-state index in [1.807, 2.05) is 0 Å². The predicted octanol–water partition coefficient (Wildman–Crippen LogP) is 2.67. The summed E-state index contributed by atoms with van der Waals surface area (Å²) in [6.45, 7) is 3.33. The van der Waals surface area contributed by atoms with Gasteiger partial charge in [0.1, 0.15) is 11.4 Å². The molecule has 0 amide bonds. The number of carbonyl (C=O) groups is 2. The van der Waals surface area contributed by atoms with E-state index in [4.69, 9.17) is 9.47 Å². The van der Waals surface area contributed by atoms with Crippen molar-refractivity contribution in [2.75, 3.05) is 13.7 Å². The van der Waals surface area contributed by atoms with Gasteiger partial charge in [0.25, 0.3) is 0 Å². The molecule has 24 heavy (non-hydrogen) atoms. The lowest BCUT2D eigenvalue weighted by molar-refractivity contribution is 0.0513. The van der Waals surface area contributed by atoms with E-state index in [1.165, 1.54) is 11.7 Å². The van der Waals surface area contributed by atoms with Crippen molar-refractivity contribution in [1.29, 1.82) is 0 Å². The third kappa shape index (κ3) is 2.92. The standard InChI is InChI=1S/C17H19NO6/c1-4-12(19)13-15(20)16(21)14(17(22)24-5-2)18(13)10-6-8-11(23-3)9-7-10/h6-9,20-21H,4-5H2,1-3H3. The first-order chi connectivity index (χ1) is 11.5. The van der Waals surface area contributed by atoms with Gasteiger partial charge in [0.15, 0.2) is 23.0 Å². The van der Waals surface area contributed by atoms with Crippen LogP contribution in [-0.4, -0.2) is 40.2 Å². The van der Waals surface area contributed by atoms with Crippen LogP contribution in [0.1, 0.15) is 41.2 Å². The van der Waals surface area contributed by atoms with Gasteiger partial charge in [-0.1, -0.05) is 6.92 Å². The first-order valence-corrected chi connectivity index (χ1v) is 7.47. The molecular formula is C17H19NO6. The first kappa shape index (κ1) is 17.4. The summed E-state index contributed by atoms with van der Waals surface area (Å²) in [5.74, 6) is -1.99. The molecule has 0 saturated carbocycles. The van der Waals surface area contributed by atoms with Crippen molar-refractivity contribution in [3.63, 3.8) is 0 Å². The normalized spacial score (nSPS) is 10.5. The number of methoxy groups -OCH3 is 1. The summed E-state index contributed by atoms with van der Waals surface area (Å²) >= 11 is 0. The van der Waals surface area contributed by atoms with Crippen LogP contribution in [-0.2, 0) is 4.74 Å². The van der Waals surface area contributed by atoms with E-state index in [1.54, 1.807) is 38.1 Å². The second-order valence-electron chi connectivity index (χ2n) is 4.93. The van der Waals surface area contributed by atoms with Crippen molar-refractivity contribution in [2.24, 2.45) is 0 Å². The summed E-state index contributed by atoms with van der Waals surface area (Å²) < 4.78 is 11.2. The maximum Gasteiger partial charge on any atom is 0.359 e. The van der Waals surface area contributed by atoms with E-state index >= 15 is 0 Å². The van der Waals surface area contributed by atoms with Gasteiger partial charge in [0.05, 0.1) is 13.7 Å². The molecule has 0 unspecified atom stereocenters. The van der Waals surface area contributed by atoms with Crippen LogP contribution < -0.4 is 4.74 Å². The minimum absolute atomic E-state index is 0.0872. The smallest absolute Gasteiger partial charge is 0.359 e. The van der Waals surface area contributed by atoms with Crippen molar-refractivity contribution in [2.45, 2.75) is 20.3 Å². The number of ether oxygens (including phenoxy) is 2. The molecule has 2 aromatic rings. The fourth-order valence-electron chi connectivity index (χ4n) is 2.35. The van der Waals surface area contributed by atoms with Crippen LogP contribution in [0, 0.1) is 0 Å². The maximum absolute atomic E-state index is 12.2. The van der Waals surface area contributed by atoms with Crippen LogP contribution in [0.15, 0.2) is 24.3 Å². The highest BCUT2D eigenvalue weighted by Crippen LogP contribution is 2.39. The molecule has 2 N–H and O–H groups in total. The van der Waals surface area contributed by atoms with E-state index in [9.17, 15) is 19.8 Å². The molecule has 0 aliphatic carbocycles. The second kappa shape index (κ2) is 7.08. The Balaban J connectivity index is 2.75. The van der Waals surface area contributed by atoms with E-state index in [-0.39, 0.29) is 24.4 Å². The fraction of sp³-hybridized carbons (Fsp3) is 0.294. The minimum atomic E-state index is -0.837. The summed E-state index contributed by atoms with van der Waals surface area (Å²) in [5, 5.41) is 20.3. The van der Waals surface area contributed by atoms with Crippen LogP contribution in [0.2, 0.25) is 0 Å². The molecule has 0 radical (unpaired) electrons. The number of esters is 1. The minimum Gasteiger partial charge on any atom is -0.503 e. The number of hydrogen-bond acceptors (Lipinski definition) is 6. The van der Waals surface area contributed by atoms with E-state index in [2.05, 4.69) is 0 Å². The number of benzene rings is 1. The number of aromatic hydroxyl groups is 2. The maximum atomic E-state index is 12.2. The van der Waals surface area contributed by atoms with Gasteiger partial charge >= 0.3 is 5.97 Å². The molecule has 1 heterocycles. The lowest BCUT2D eigenvalue weighted by atomic mass is 10.2. The highest BCUT2D eigenvalue weighted by atomic mass is 16.5. The predicted molar refractivity (Wildman–Crippen MR) is 86.2 cm³/mol. The molecule has 128 valence electrons. The molecule has 2 rings (SSSR count). The van der Waals surface area contributed by atoms with Crippen molar-refractivity contribution in [3.05, 3.63) is 35.7 Å². The average Bonchev–Trinajstić information content (AvgIpc) is 2.86. The molecule has 0 spiro atoms. The van der Waals surface area contributed by atoms with Crippen molar-refractivity contribution in [3.8, 4) is 22.9 Å². The molecule has 0 fully saturated rings. The molecule has 0 bridgehead atoms. The van der Waals surface area contributed by atoms with Crippen LogP contribution in [0.25, 0.3) is 5.69 Å². The van der Waals surface area contributed by atoms with Crippen LogP contribution in [0.5, 0.6) is 17.2 Å². The van der Waals surface area contributed by atoms with Gasteiger partial charge in [0, 0.05) is 12.1 Å². The third-order valence-corrected chi connectivity index (χ3v) is 3.50. The molecular weight excluding hydrogens is 314 g/mol. The average molecular weight is 333 g/mol. The zero-order valence-electron chi connectivity index (χ0n) is 13.7. The Kier molecular flexibility index (Phi) is 5.13. The zero-order chi connectivity index (χ0) is 17.9. The highest BCUT2D eigenvalue weighted by Gasteiger charge is 2.31. The third-order valence-electron chi connectivity index (χ3n) is 3.50. The Morgan fingerprint density at radius 2 is 1.62 bits per heavy atom. The largest absolute Gasteiger partial charge is 0.503 e. The first-order valence-electron chi connectivity index (χ1n) is 7.47. The van der Waals surface area contributed by atoms with Gasteiger partial charge in [-0.25, -0.2) is 4.79 Å². The quantitative estimate of drug-likeness (QED) is 0.623. The molecule has 1 aromatic carbocycles. The Morgan fingerprint density at radius 3 is 2.12 bits per heavy atom. The van der Waals surface area contributed by atoms with Crippen molar-refractivity contribution < 1.29 is 29.3 Å². The van der Waals surface area contributed by atoms with Gasteiger partial charge in [0.2, 0.25) is 0 Å². The SMILES string of the molecule is CCOC(=O)c1c(O)c(O)c(C(=O)CC)n1-c1ccc(OC)cc1. The Morgan fingerprint density at radius 1 is 1.04 bits per heavy atom. The van der Waals surface area contributed by atoms with Gasteiger partial charge in [-0.15, -0.1) is 0 Å². The number of hydrogen-bond donors (Lipinski definition) is 2. The molecule has 0 aliphatic heterocycles. The number of ketones is 1. The number of rotatable bonds is 6. The number of Topliss-reactive ketones (excluding diaryl/α,β-unsaturated/α-hetero) is 1. The number of nitrogens with zero attached hydrogens (tertiary/aromatic N) is 1. The van der Waals surface area contributed by atoms with Crippen LogP contribution >= 0.6 is 0 Å². The molecule has 0 aliphatic rings.